The highest BCUT2D eigenvalue weighted by Crippen LogP contribution is 2.34. The molecule has 1 aliphatic rings. The van der Waals surface area contributed by atoms with E-state index in [9.17, 15) is 4.79 Å². The number of carbonyl (C=O) groups is 1. The van der Waals surface area contributed by atoms with E-state index < -0.39 is 0 Å². The van der Waals surface area contributed by atoms with Gasteiger partial charge in [0.05, 0.1) is 10.2 Å². The number of hydrogen-bond acceptors (Lipinski definition) is 6. The molecule has 1 aliphatic heterocycles. The summed E-state index contributed by atoms with van der Waals surface area (Å²) in [5, 5.41) is 0.732. The van der Waals surface area contributed by atoms with Crippen molar-refractivity contribution in [3.05, 3.63) is 47.0 Å². The third kappa shape index (κ3) is 4.38. The SMILES string of the molecule is CCN(CC)CCN(C(=O)c1ccc2c(c1)OCCO2)c1nc2c(C)c(C)ccc2s1. The first kappa shape index (κ1) is 21.6. The molecule has 4 rings (SSSR count). The Morgan fingerprint density at radius 2 is 1.77 bits per heavy atom. The van der Waals surface area contributed by atoms with E-state index in [4.69, 9.17) is 14.5 Å². The lowest BCUT2D eigenvalue weighted by molar-refractivity contribution is 0.0982. The van der Waals surface area contributed by atoms with Gasteiger partial charge in [-0.3, -0.25) is 9.69 Å². The molecule has 0 aliphatic carbocycles. The maximum Gasteiger partial charge on any atom is 0.260 e. The van der Waals surface area contributed by atoms with Gasteiger partial charge in [-0.1, -0.05) is 31.3 Å². The van der Waals surface area contributed by atoms with Gasteiger partial charge in [0, 0.05) is 18.7 Å². The number of aromatic nitrogens is 1. The van der Waals surface area contributed by atoms with Crippen LogP contribution in [0.2, 0.25) is 0 Å². The maximum absolute atomic E-state index is 13.6. The number of fused-ring (bicyclic) bond motifs is 2. The second-order valence-electron chi connectivity index (χ2n) is 7.69. The fourth-order valence-corrected chi connectivity index (χ4v) is 4.78. The average molecular weight is 440 g/mol. The van der Waals surface area contributed by atoms with Crippen molar-refractivity contribution in [2.45, 2.75) is 27.7 Å². The molecule has 0 atom stereocenters. The van der Waals surface area contributed by atoms with Gasteiger partial charge in [-0.25, -0.2) is 4.98 Å². The Morgan fingerprint density at radius 1 is 1.03 bits per heavy atom. The molecular formula is C24H29N3O3S. The molecule has 0 fully saturated rings. The van der Waals surface area contributed by atoms with Crippen LogP contribution in [-0.2, 0) is 0 Å². The molecule has 1 amide bonds. The van der Waals surface area contributed by atoms with Crippen molar-refractivity contribution in [3.63, 3.8) is 0 Å². The average Bonchev–Trinajstić information content (AvgIpc) is 3.23. The highest BCUT2D eigenvalue weighted by atomic mass is 32.1. The highest BCUT2D eigenvalue weighted by Gasteiger charge is 2.24. The van der Waals surface area contributed by atoms with Gasteiger partial charge in [0.15, 0.2) is 16.6 Å². The van der Waals surface area contributed by atoms with Crippen molar-refractivity contribution in [1.82, 2.24) is 9.88 Å². The van der Waals surface area contributed by atoms with E-state index in [0.29, 0.717) is 36.8 Å². The Bertz CT molecular complexity index is 1090. The van der Waals surface area contributed by atoms with Crippen LogP contribution in [0, 0.1) is 13.8 Å². The molecule has 0 unspecified atom stereocenters. The van der Waals surface area contributed by atoms with Gasteiger partial charge in [0.2, 0.25) is 0 Å². The summed E-state index contributed by atoms with van der Waals surface area (Å²) in [5.41, 5.74) is 3.92. The van der Waals surface area contributed by atoms with Crippen molar-refractivity contribution < 1.29 is 14.3 Å². The topological polar surface area (TPSA) is 54.9 Å². The van der Waals surface area contributed by atoms with Crippen LogP contribution >= 0.6 is 11.3 Å². The number of nitrogens with zero attached hydrogens (tertiary/aromatic N) is 3. The molecule has 31 heavy (non-hydrogen) atoms. The van der Waals surface area contributed by atoms with Crippen LogP contribution < -0.4 is 14.4 Å². The predicted octanol–water partition coefficient (Wildman–Crippen LogP) is 4.67. The number of rotatable bonds is 7. The number of anilines is 1. The summed E-state index contributed by atoms with van der Waals surface area (Å²) in [6.07, 6.45) is 0. The van der Waals surface area contributed by atoms with Gasteiger partial charge in [0.25, 0.3) is 5.91 Å². The number of amides is 1. The van der Waals surface area contributed by atoms with Crippen LogP contribution in [0.5, 0.6) is 11.5 Å². The minimum atomic E-state index is -0.0717. The van der Waals surface area contributed by atoms with Crippen molar-refractivity contribution in [2.75, 3.05) is 44.3 Å². The number of hydrogen-bond donors (Lipinski definition) is 0. The first-order valence-electron chi connectivity index (χ1n) is 10.8. The molecule has 6 nitrogen and oxygen atoms in total. The van der Waals surface area contributed by atoms with Crippen LogP contribution in [-0.4, -0.2) is 55.2 Å². The summed E-state index contributed by atoms with van der Waals surface area (Å²) < 4.78 is 12.4. The van der Waals surface area contributed by atoms with E-state index in [0.717, 1.165) is 40.5 Å². The van der Waals surface area contributed by atoms with E-state index in [-0.39, 0.29) is 5.91 Å². The Labute approximate surface area is 187 Å². The van der Waals surface area contributed by atoms with Crippen molar-refractivity contribution in [1.29, 1.82) is 0 Å². The quantitative estimate of drug-likeness (QED) is 0.535. The second-order valence-corrected chi connectivity index (χ2v) is 8.70. The molecule has 7 heteroatoms. The van der Waals surface area contributed by atoms with E-state index in [1.807, 2.05) is 17.0 Å². The maximum atomic E-state index is 13.6. The zero-order valence-electron chi connectivity index (χ0n) is 18.6. The molecule has 0 N–H and O–H groups in total. The van der Waals surface area contributed by atoms with Gasteiger partial charge < -0.3 is 14.4 Å². The zero-order valence-corrected chi connectivity index (χ0v) is 19.4. The molecule has 1 aromatic heterocycles. The fourth-order valence-electron chi connectivity index (χ4n) is 3.73. The van der Waals surface area contributed by atoms with Gasteiger partial charge in [-0.15, -0.1) is 0 Å². The predicted molar refractivity (Wildman–Crippen MR) is 126 cm³/mol. The van der Waals surface area contributed by atoms with Gasteiger partial charge in [-0.05, 0) is 62.3 Å². The van der Waals surface area contributed by atoms with Crippen LogP contribution in [0.4, 0.5) is 5.13 Å². The third-order valence-electron chi connectivity index (χ3n) is 5.87. The molecule has 0 saturated carbocycles. The van der Waals surface area contributed by atoms with Crippen molar-refractivity contribution in [2.24, 2.45) is 0 Å². The zero-order chi connectivity index (χ0) is 22.0. The van der Waals surface area contributed by atoms with E-state index in [1.54, 1.807) is 17.4 Å². The van der Waals surface area contributed by atoms with Gasteiger partial charge in [-0.2, -0.15) is 0 Å². The lowest BCUT2D eigenvalue weighted by Gasteiger charge is -2.25. The van der Waals surface area contributed by atoms with Crippen LogP contribution in [0.15, 0.2) is 30.3 Å². The monoisotopic (exact) mass is 439 g/mol. The number of ether oxygens (including phenoxy) is 2. The molecule has 0 saturated heterocycles. The molecule has 2 aromatic carbocycles. The molecule has 0 radical (unpaired) electrons. The van der Waals surface area contributed by atoms with Crippen LogP contribution in [0.25, 0.3) is 10.2 Å². The summed E-state index contributed by atoms with van der Waals surface area (Å²) in [7, 11) is 0. The first-order valence-corrected chi connectivity index (χ1v) is 11.6. The molecule has 0 bridgehead atoms. The van der Waals surface area contributed by atoms with E-state index >= 15 is 0 Å². The molecule has 164 valence electrons. The van der Waals surface area contributed by atoms with Crippen LogP contribution in [0.3, 0.4) is 0 Å². The lowest BCUT2D eigenvalue weighted by atomic mass is 10.1. The third-order valence-corrected chi connectivity index (χ3v) is 6.92. The summed E-state index contributed by atoms with van der Waals surface area (Å²) >= 11 is 1.57. The van der Waals surface area contributed by atoms with Crippen LogP contribution in [0.1, 0.15) is 35.3 Å². The Hall–Kier alpha value is -2.64. The summed E-state index contributed by atoms with van der Waals surface area (Å²) in [5.74, 6) is 1.23. The minimum Gasteiger partial charge on any atom is -0.486 e. The first-order chi connectivity index (χ1) is 15.0. The summed E-state index contributed by atoms with van der Waals surface area (Å²) in [6.45, 7) is 12.7. The number of aryl methyl sites for hydroxylation is 2. The smallest absolute Gasteiger partial charge is 0.260 e. The number of carbonyl (C=O) groups excluding carboxylic acids is 1. The van der Waals surface area contributed by atoms with Crippen molar-refractivity contribution >= 4 is 32.6 Å². The number of likely N-dealkylation sites (N-methyl/N-ethyl adjacent to an activating group) is 1. The Morgan fingerprint density at radius 3 is 2.52 bits per heavy atom. The highest BCUT2D eigenvalue weighted by molar-refractivity contribution is 7.22. The molecule has 0 spiro atoms. The largest absolute Gasteiger partial charge is 0.486 e. The Kier molecular flexibility index (Phi) is 6.43. The molecule has 3 aromatic rings. The fraction of sp³-hybridized carbons (Fsp3) is 0.417. The van der Waals surface area contributed by atoms with Crippen molar-refractivity contribution in [3.8, 4) is 11.5 Å². The number of benzene rings is 2. The van der Waals surface area contributed by atoms with Gasteiger partial charge in [0.1, 0.15) is 13.2 Å². The molecule has 2 heterocycles. The lowest BCUT2D eigenvalue weighted by Crippen LogP contribution is -2.39. The van der Waals surface area contributed by atoms with E-state index in [1.165, 1.54) is 5.56 Å². The normalized spacial score (nSPS) is 13.1. The minimum absolute atomic E-state index is 0.0717. The summed E-state index contributed by atoms with van der Waals surface area (Å²) in [4.78, 5) is 22.6. The Balaban J connectivity index is 1.70. The van der Waals surface area contributed by atoms with E-state index in [2.05, 4.69) is 44.7 Å². The molecular weight excluding hydrogens is 410 g/mol. The second kappa shape index (κ2) is 9.24. The summed E-state index contributed by atoms with van der Waals surface area (Å²) in [6, 6.07) is 9.61. The number of thiazole rings is 1. The standard InChI is InChI=1S/C24H29N3O3S/c1-5-26(6-2)11-12-27(24-25-22-17(4)16(3)7-10-21(22)31-24)23(28)18-8-9-19-20(15-18)30-14-13-29-19/h7-10,15H,5-6,11-14H2,1-4H3. The van der Waals surface area contributed by atoms with Gasteiger partial charge >= 0.3 is 0 Å².